The number of carbonyl (C=O) groups excluding carboxylic acids is 1. The average molecular weight is 251 g/mol. The largest absolute Gasteiger partial charge is 0.453 e. The molecule has 7 heteroatoms. The third kappa shape index (κ3) is 3.00. The van der Waals surface area contributed by atoms with Gasteiger partial charge in [-0.15, -0.1) is 11.8 Å². The van der Waals surface area contributed by atoms with Crippen molar-refractivity contribution in [1.29, 1.82) is 0 Å². The van der Waals surface area contributed by atoms with Gasteiger partial charge in [0.2, 0.25) is 0 Å². The highest BCUT2D eigenvalue weighted by atomic mass is 32.2. The fourth-order valence-corrected chi connectivity index (χ4v) is 2.52. The Morgan fingerprint density at radius 1 is 1.62 bits per heavy atom. The molecule has 0 saturated carbocycles. The molecular weight excluding hydrogens is 234 g/mol. The van der Waals surface area contributed by atoms with Gasteiger partial charge in [0.15, 0.2) is 0 Å². The highest BCUT2D eigenvalue weighted by Crippen LogP contribution is 2.29. The SMILES string of the molecule is CCSC1O[C@H](CO)[C@@H](O)[C@@H]1NC(=O)OC. The topological polar surface area (TPSA) is 88.0 Å². The Morgan fingerprint density at radius 2 is 2.31 bits per heavy atom. The van der Waals surface area contributed by atoms with Crippen molar-refractivity contribution < 1.29 is 24.5 Å². The van der Waals surface area contributed by atoms with Crippen molar-refractivity contribution >= 4 is 17.9 Å². The molecule has 4 atom stereocenters. The van der Waals surface area contributed by atoms with E-state index < -0.39 is 24.3 Å². The molecule has 94 valence electrons. The summed E-state index contributed by atoms with van der Waals surface area (Å²) in [4.78, 5) is 11.1. The molecular formula is C9H17NO5S. The second-order valence-corrected chi connectivity index (χ2v) is 4.71. The van der Waals surface area contributed by atoms with Gasteiger partial charge in [-0.05, 0) is 5.75 Å². The number of carbonyl (C=O) groups is 1. The minimum atomic E-state index is -0.923. The zero-order valence-electron chi connectivity index (χ0n) is 9.25. The normalized spacial score (nSPS) is 33.8. The van der Waals surface area contributed by atoms with E-state index in [2.05, 4.69) is 10.1 Å². The zero-order valence-corrected chi connectivity index (χ0v) is 10.1. The first-order chi connectivity index (χ1) is 7.63. The van der Waals surface area contributed by atoms with Crippen molar-refractivity contribution in [3.63, 3.8) is 0 Å². The number of rotatable bonds is 4. The number of methoxy groups -OCH3 is 1. The molecule has 1 saturated heterocycles. The van der Waals surface area contributed by atoms with Gasteiger partial charge in [-0.3, -0.25) is 0 Å². The average Bonchev–Trinajstić information content (AvgIpc) is 2.57. The van der Waals surface area contributed by atoms with Gasteiger partial charge in [0.05, 0.1) is 19.8 Å². The lowest BCUT2D eigenvalue weighted by Crippen LogP contribution is -2.47. The van der Waals surface area contributed by atoms with Crippen LogP contribution in [0.5, 0.6) is 0 Å². The van der Waals surface area contributed by atoms with Crippen molar-refractivity contribution in [3.8, 4) is 0 Å². The maximum Gasteiger partial charge on any atom is 0.407 e. The van der Waals surface area contributed by atoms with Crippen molar-refractivity contribution in [2.75, 3.05) is 19.5 Å². The summed E-state index contributed by atoms with van der Waals surface area (Å²) >= 11 is 1.46. The lowest BCUT2D eigenvalue weighted by atomic mass is 10.1. The Morgan fingerprint density at radius 3 is 2.81 bits per heavy atom. The summed E-state index contributed by atoms with van der Waals surface area (Å²) in [7, 11) is 1.25. The smallest absolute Gasteiger partial charge is 0.407 e. The fraction of sp³-hybridized carbons (Fsp3) is 0.889. The van der Waals surface area contributed by atoms with E-state index in [0.717, 1.165) is 5.75 Å². The van der Waals surface area contributed by atoms with Crippen LogP contribution in [-0.4, -0.2) is 59.5 Å². The Hall–Kier alpha value is -0.500. The van der Waals surface area contributed by atoms with E-state index in [9.17, 15) is 9.90 Å². The number of nitrogens with one attached hydrogen (secondary N) is 1. The molecule has 0 radical (unpaired) electrons. The molecule has 0 aromatic rings. The van der Waals surface area contributed by atoms with Gasteiger partial charge in [0.25, 0.3) is 0 Å². The van der Waals surface area contributed by atoms with E-state index in [1.54, 1.807) is 0 Å². The molecule has 6 nitrogen and oxygen atoms in total. The fourth-order valence-electron chi connectivity index (χ4n) is 1.54. The van der Waals surface area contributed by atoms with Crippen LogP contribution >= 0.6 is 11.8 Å². The highest BCUT2D eigenvalue weighted by Gasteiger charge is 2.44. The molecule has 1 rings (SSSR count). The first kappa shape index (κ1) is 13.6. The maximum atomic E-state index is 11.1. The number of ether oxygens (including phenoxy) is 2. The lowest BCUT2D eigenvalue weighted by molar-refractivity contribution is -0.00312. The number of alkyl carbamates (subject to hydrolysis) is 1. The molecule has 0 aliphatic carbocycles. The molecule has 0 aromatic heterocycles. The molecule has 1 unspecified atom stereocenters. The van der Waals surface area contributed by atoms with Crippen molar-refractivity contribution in [2.45, 2.75) is 30.6 Å². The summed E-state index contributed by atoms with van der Waals surface area (Å²) < 4.78 is 9.88. The third-order valence-electron chi connectivity index (χ3n) is 2.33. The number of aliphatic hydroxyl groups is 2. The number of hydrogen-bond acceptors (Lipinski definition) is 6. The van der Waals surface area contributed by atoms with Crippen molar-refractivity contribution in [2.24, 2.45) is 0 Å². The summed E-state index contributed by atoms with van der Waals surface area (Å²) in [6.45, 7) is 1.67. The van der Waals surface area contributed by atoms with Gasteiger partial charge < -0.3 is 25.0 Å². The molecule has 0 spiro atoms. The maximum absolute atomic E-state index is 11.1. The van der Waals surface area contributed by atoms with Crippen LogP contribution in [0.15, 0.2) is 0 Å². The van der Waals surface area contributed by atoms with Crippen LogP contribution in [-0.2, 0) is 9.47 Å². The van der Waals surface area contributed by atoms with Crippen LogP contribution in [0.3, 0.4) is 0 Å². The van der Waals surface area contributed by atoms with Crippen LogP contribution in [0, 0.1) is 0 Å². The summed E-state index contributed by atoms with van der Waals surface area (Å²) in [5.74, 6) is 0.787. The summed E-state index contributed by atoms with van der Waals surface area (Å²) in [5.41, 5.74) is -0.365. The number of aliphatic hydroxyl groups excluding tert-OH is 2. The van der Waals surface area contributed by atoms with Gasteiger partial charge in [0.1, 0.15) is 17.6 Å². The van der Waals surface area contributed by atoms with Crippen LogP contribution in [0.25, 0.3) is 0 Å². The molecule has 0 bridgehead atoms. The van der Waals surface area contributed by atoms with Crippen LogP contribution in [0.4, 0.5) is 4.79 Å². The molecule has 1 heterocycles. The van der Waals surface area contributed by atoms with Crippen molar-refractivity contribution in [3.05, 3.63) is 0 Å². The van der Waals surface area contributed by atoms with Gasteiger partial charge in [-0.2, -0.15) is 0 Å². The predicted molar refractivity (Wildman–Crippen MR) is 59.2 cm³/mol. The lowest BCUT2D eigenvalue weighted by Gasteiger charge is -2.20. The van der Waals surface area contributed by atoms with Crippen LogP contribution in [0.2, 0.25) is 0 Å². The molecule has 1 amide bonds. The minimum Gasteiger partial charge on any atom is -0.453 e. The molecule has 0 aromatic carbocycles. The number of hydrogen-bond donors (Lipinski definition) is 3. The Kier molecular flexibility index (Phi) is 5.33. The van der Waals surface area contributed by atoms with E-state index in [1.807, 2.05) is 6.92 Å². The van der Waals surface area contributed by atoms with Gasteiger partial charge >= 0.3 is 6.09 Å². The van der Waals surface area contributed by atoms with Crippen LogP contribution in [0.1, 0.15) is 6.92 Å². The zero-order chi connectivity index (χ0) is 12.1. The summed E-state index contributed by atoms with van der Waals surface area (Å²) in [6.07, 6.45) is -2.20. The molecule has 3 N–H and O–H groups in total. The van der Waals surface area contributed by atoms with Crippen molar-refractivity contribution in [1.82, 2.24) is 5.32 Å². The first-order valence-electron chi connectivity index (χ1n) is 5.04. The van der Waals surface area contributed by atoms with Gasteiger partial charge in [-0.25, -0.2) is 4.79 Å². The van der Waals surface area contributed by atoms with E-state index in [-0.39, 0.29) is 12.0 Å². The molecule has 16 heavy (non-hydrogen) atoms. The highest BCUT2D eigenvalue weighted by molar-refractivity contribution is 7.99. The second-order valence-electron chi connectivity index (χ2n) is 3.33. The number of thioether (sulfide) groups is 1. The quantitative estimate of drug-likeness (QED) is 0.627. The standard InChI is InChI=1S/C9H17NO5S/c1-3-16-8-6(10-9(13)14-2)7(12)5(4-11)15-8/h5-8,11-12H,3-4H2,1-2H3,(H,10,13)/t5-,6+,7-,8?/m1/s1. The number of amides is 1. The Bertz CT molecular complexity index is 240. The van der Waals surface area contributed by atoms with Crippen LogP contribution < -0.4 is 5.32 Å². The van der Waals surface area contributed by atoms with E-state index in [1.165, 1.54) is 18.9 Å². The van der Waals surface area contributed by atoms with E-state index in [0.29, 0.717) is 0 Å². The minimum absolute atomic E-state index is 0.276. The molecule has 1 fully saturated rings. The predicted octanol–water partition coefficient (Wildman–Crippen LogP) is -0.458. The summed E-state index contributed by atoms with van der Waals surface area (Å²) in [5, 5.41) is 21.3. The van der Waals surface area contributed by atoms with E-state index in [4.69, 9.17) is 9.84 Å². The molecule has 1 aliphatic heterocycles. The van der Waals surface area contributed by atoms with E-state index >= 15 is 0 Å². The second kappa shape index (κ2) is 6.29. The summed E-state index contributed by atoms with van der Waals surface area (Å²) in [6, 6.07) is -0.561. The van der Waals surface area contributed by atoms with Gasteiger partial charge in [-0.1, -0.05) is 6.92 Å². The Labute approximate surface area is 98.3 Å². The monoisotopic (exact) mass is 251 g/mol. The first-order valence-corrected chi connectivity index (χ1v) is 6.09. The Balaban J connectivity index is 2.64. The van der Waals surface area contributed by atoms with Gasteiger partial charge in [0, 0.05) is 0 Å². The molecule has 1 aliphatic rings. The third-order valence-corrected chi connectivity index (χ3v) is 3.40.